The van der Waals surface area contributed by atoms with Gasteiger partial charge in [0.2, 0.25) is 5.78 Å². The predicted molar refractivity (Wildman–Crippen MR) is 73.9 cm³/mol. The number of nitrogens with two attached hydrogens (primary N) is 1. The fraction of sp³-hybridized carbons (Fsp3) is 0.286. The summed E-state index contributed by atoms with van der Waals surface area (Å²) in [6.07, 6.45) is 2.07. The highest BCUT2D eigenvalue weighted by molar-refractivity contribution is 7.09. The van der Waals surface area contributed by atoms with Crippen LogP contribution in [0.2, 0.25) is 0 Å². The second-order valence-corrected chi connectivity index (χ2v) is 5.05. The molecular weight excluding hydrogens is 244 g/mol. The number of thiazole rings is 1. The first-order valence-electron chi connectivity index (χ1n) is 6.02. The van der Waals surface area contributed by atoms with Crippen molar-refractivity contribution < 1.29 is 4.79 Å². The Bertz CT molecular complexity index is 548. The van der Waals surface area contributed by atoms with Crippen LogP contribution in [0.3, 0.4) is 0 Å². The lowest BCUT2D eigenvalue weighted by atomic mass is 10.0. The highest BCUT2D eigenvalue weighted by Crippen LogP contribution is 2.15. The maximum atomic E-state index is 12.2. The summed E-state index contributed by atoms with van der Waals surface area (Å²) in [7, 11) is 0. The van der Waals surface area contributed by atoms with Crippen molar-refractivity contribution in [3.63, 3.8) is 0 Å². The number of benzene rings is 1. The number of aromatic nitrogens is 1. The van der Waals surface area contributed by atoms with E-state index in [0.717, 1.165) is 17.8 Å². The third-order valence-electron chi connectivity index (χ3n) is 2.69. The summed E-state index contributed by atoms with van der Waals surface area (Å²) < 4.78 is 0. The lowest BCUT2D eigenvalue weighted by molar-refractivity contribution is 0.103. The molecule has 3 nitrogen and oxygen atoms in total. The number of nitrogens with zero attached hydrogens (tertiary/aromatic N) is 1. The van der Waals surface area contributed by atoms with Crippen molar-refractivity contribution in [2.24, 2.45) is 5.73 Å². The predicted octanol–water partition coefficient (Wildman–Crippen LogP) is 2.79. The van der Waals surface area contributed by atoms with Gasteiger partial charge in [-0.15, -0.1) is 11.3 Å². The van der Waals surface area contributed by atoms with Crippen LogP contribution in [-0.2, 0) is 13.0 Å². The first-order chi connectivity index (χ1) is 8.74. The number of rotatable bonds is 5. The van der Waals surface area contributed by atoms with E-state index in [-0.39, 0.29) is 5.78 Å². The number of aryl methyl sites for hydroxylation is 1. The molecule has 0 aliphatic rings. The highest BCUT2D eigenvalue weighted by Gasteiger charge is 2.13. The first kappa shape index (κ1) is 12.9. The van der Waals surface area contributed by atoms with Gasteiger partial charge in [-0.1, -0.05) is 31.5 Å². The first-order valence-corrected chi connectivity index (χ1v) is 6.90. The van der Waals surface area contributed by atoms with Gasteiger partial charge >= 0.3 is 0 Å². The molecule has 0 bridgehead atoms. The Balaban J connectivity index is 2.25. The molecule has 0 amide bonds. The van der Waals surface area contributed by atoms with E-state index in [9.17, 15) is 4.79 Å². The molecule has 18 heavy (non-hydrogen) atoms. The van der Waals surface area contributed by atoms with Gasteiger partial charge in [0.05, 0.1) is 0 Å². The molecule has 0 spiro atoms. The SMILES string of the molecule is CCCc1cccc(C(=O)c2csc(CN)n2)c1. The van der Waals surface area contributed by atoms with Gasteiger partial charge in [-0.2, -0.15) is 0 Å². The Hall–Kier alpha value is -1.52. The fourth-order valence-corrected chi connectivity index (χ4v) is 2.47. The Labute approximate surface area is 111 Å². The quantitative estimate of drug-likeness (QED) is 0.841. The van der Waals surface area contributed by atoms with Gasteiger partial charge in [-0.25, -0.2) is 4.98 Å². The van der Waals surface area contributed by atoms with Crippen LogP contribution in [0.15, 0.2) is 29.6 Å². The molecule has 0 fully saturated rings. The molecule has 0 unspecified atom stereocenters. The van der Waals surface area contributed by atoms with Gasteiger partial charge in [-0.3, -0.25) is 4.79 Å². The molecule has 2 rings (SSSR count). The van der Waals surface area contributed by atoms with E-state index < -0.39 is 0 Å². The normalized spacial score (nSPS) is 10.6. The van der Waals surface area contributed by atoms with Crippen molar-refractivity contribution >= 4 is 17.1 Å². The molecule has 1 aromatic carbocycles. The van der Waals surface area contributed by atoms with Gasteiger partial charge in [0.1, 0.15) is 10.7 Å². The molecular formula is C14H16N2OS. The molecule has 0 aliphatic carbocycles. The zero-order valence-corrected chi connectivity index (χ0v) is 11.2. The molecule has 0 aliphatic heterocycles. The smallest absolute Gasteiger partial charge is 0.212 e. The topological polar surface area (TPSA) is 56.0 Å². The van der Waals surface area contributed by atoms with Crippen LogP contribution in [0.25, 0.3) is 0 Å². The summed E-state index contributed by atoms with van der Waals surface area (Å²) in [4.78, 5) is 16.5. The molecule has 0 atom stereocenters. The van der Waals surface area contributed by atoms with Crippen molar-refractivity contribution in [3.8, 4) is 0 Å². The lowest BCUT2D eigenvalue weighted by Gasteiger charge is -2.02. The van der Waals surface area contributed by atoms with Gasteiger partial charge in [0.15, 0.2) is 0 Å². The number of hydrogen-bond donors (Lipinski definition) is 1. The number of carbonyl (C=O) groups is 1. The third kappa shape index (κ3) is 2.83. The van der Waals surface area contributed by atoms with Gasteiger partial charge in [0, 0.05) is 17.5 Å². The van der Waals surface area contributed by atoms with Crippen molar-refractivity contribution in [2.45, 2.75) is 26.3 Å². The van der Waals surface area contributed by atoms with E-state index in [1.54, 1.807) is 5.38 Å². The number of carbonyl (C=O) groups excluding carboxylic acids is 1. The molecule has 2 N–H and O–H groups in total. The molecule has 1 heterocycles. The van der Waals surface area contributed by atoms with E-state index in [1.807, 2.05) is 24.3 Å². The summed E-state index contributed by atoms with van der Waals surface area (Å²) in [5.74, 6) is -0.0242. The van der Waals surface area contributed by atoms with Crippen molar-refractivity contribution in [2.75, 3.05) is 0 Å². The van der Waals surface area contributed by atoms with Crippen LogP contribution in [0.4, 0.5) is 0 Å². The van der Waals surface area contributed by atoms with Gasteiger partial charge in [-0.05, 0) is 18.1 Å². The van der Waals surface area contributed by atoms with Crippen LogP contribution in [0.1, 0.15) is 40.0 Å². The minimum atomic E-state index is -0.0242. The lowest BCUT2D eigenvalue weighted by Crippen LogP contribution is -2.04. The largest absolute Gasteiger partial charge is 0.325 e. The van der Waals surface area contributed by atoms with Crippen molar-refractivity contribution in [1.29, 1.82) is 0 Å². The van der Waals surface area contributed by atoms with E-state index >= 15 is 0 Å². The Morgan fingerprint density at radius 1 is 1.44 bits per heavy atom. The Kier molecular flexibility index (Phi) is 4.23. The molecule has 94 valence electrons. The minimum Gasteiger partial charge on any atom is -0.325 e. The van der Waals surface area contributed by atoms with Crippen LogP contribution >= 0.6 is 11.3 Å². The van der Waals surface area contributed by atoms with E-state index in [2.05, 4.69) is 11.9 Å². The molecule has 0 saturated heterocycles. The summed E-state index contributed by atoms with van der Waals surface area (Å²) in [5.41, 5.74) is 7.89. The standard InChI is InChI=1S/C14H16N2OS/c1-2-4-10-5-3-6-11(7-10)14(17)12-9-18-13(8-15)16-12/h3,5-7,9H,2,4,8,15H2,1H3. The van der Waals surface area contributed by atoms with E-state index in [0.29, 0.717) is 17.8 Å². The minimum absolute atomic E-state index is 0.0242. The molecule has 4 heteroatoms. The van der Waals surface area contributed by atoms with Crippen molar-refractivity contribution in [1.82, 2.24) is 4.98 Å². The molecule has 1 aromatic heterocycles. The maximum absolute atomic E-state index is 12.2. The average molecular weight is 260 g/mol. The van der Waals surface area contributed by atoms with Gasteiger partial charge < -0.3 is 5.73 Å². The second kappa shape index (κ2) is 5.89. The monoisotopic (exact) mass is 260 g/mol. The Morgan fingerprint density at radius 3 is 2.94 bits per heavy atom. The van der Waals surface area contributed by atoms with Crippen molar-refractivity contribution in [3.05, 3.63) is 51.5 Å². The average Bonchev–Trinajstić information content (AvgIpc) is 2.87. The maximum Gasteiger partial charge on any atom is 0.212 e. The number of hydrogen-bond acceptors (Lipinski definition) is 4. The molecule has 0 saturated carbocycles. The van der Waals surface area contributed by atoms with Crippen LogP contribution < -0.4 is 5.73 Å². The zero-order chi connectivity index (χ0) is 13.0. The molecule has 0 radical (unpaired) electrons. The summed E-state index contributed by atoms with van der Waals surface area (Å²) in [5, 5.41) is 2.57. The van der Waals surface area contributed by atoms with Gasteiger partial charge in [0.25, 0.3) is 0 Å². The third-order valence-corrected chi connectivity index (χ3v) is 3.56. The highest BCUT2D eigenvalue weighted by atomic mass is 32.1. The zero-order valence-electron chi connectivity index (χ0n) is 10.3. The van der Waals surface area contributed by atoms with Crippen LogP contribution in [-0.4, -0.2) is 10.8 Å². The van der Waals surface area contributed by atoms with Crippen LogP contribution in [0, 0.1) is 0 Å². The summed E-state index contributed by atoms with van der Waals surface area (Å²) in [6, 6.07) is 7.76. The summed E-state index contributed by atoms with van der Waals surface area (Å²) >= 11 is 1.43. The van der Waals surface area contributed by atoms with E-state index in [1.165, 1.54) is 16.9 Å². The van der Waals surface area contributed by atoms with Crippen LogP contribution in [0.5, 0.6) is 0 Å². The second-order valence-electron chi connectivity index (χ2n) is 4.11. The molecule has 2 aromatic rings. The number of ketones is 1. The van der Waals surface area contributed by atoms with E-state index in [4.69, 9.17) is 5.73 Å². The summed E-state index contributed by atoms with van der Waals surface area (Å²) in [6.45, 7) is 2.51. The fourth-order valence-electron chi connectivity index (χ4n) is 1.81. The Morgan fingerprint density at radius 2 is 2.28 bits per heavy atom.